The summed E-state index contributed by atoms with van der Waals surface area (Å²) in [5.74, 6) is -2.33. The number of likely N-dealkylation sites (tertiary alicyclic amines) is 1. The van der Waals surface area contributed by atoms with E-state index >= 15 is 0 Å². The van der Waals surface area contributed by atoms with Gasteiger partial charge < -0.3 is 19.6 Å². The van der Waals surface area contributed by atoms with Gasteiger partial charge in [0.1, 0.15) is 12.6 Å². The first-order valence-electron chi connectivity index (χ1n) is 13.4. The van der Waals surface area contributed by atoms with Crippen molar-refractivity contribution >= 4 is 35.2 Å². The van der Waals surface area contributed by atoms with Crippen molar-refractivity contribution in [3.63, 3.8) is 0 Å². The number of hydrogen-bond donors (Lipinski definition) is 1. The van der Waals surface area contributed by atoms with E-state index < -0.39 is 39.4 Å². The molecule has 0 aliphatic carbocycles. The second-order valence-corrected chi connectivity index (χ2v) is 13.3. The van der Waals surface area contributed by atoms with Gasteiger partial charge in [0.2, 0.25) is 5.91 Å². The quantitative estimate of drug-likeness (QED) is 0.356. The van der Waals surface area contributed by atoms with Gasteiger partial charge in [0.15, 0.2) is 0 Å². The standard InChI is InChI=1S/C30H40N2O5S/c1-8-14-31(21-16-19(5)10-11-20(21)6)27(35)25-30-13-12-29(7,38-30)24(28(36)37-15-9-2)23(30)26(34)32(25)22(17-33)18(3)4/h8-11,16,18,22-25,33H,1-2,12-15,17H2,3-7H3/t22-,23-,24-,25?,29+,30?/m0/s1. The Hall–Kier alpha value is -2.58. The van der Waals surface area contributed by atoms with Gasteiger partial charge in [-0.1, -0.05) is 44.7 Å². The molecule has 3 aliphatic heterocycles. The first-order valence-corrected chi connectivity index (χ1v) is 14.2. The third-order valence-electron chi connectivity index (χ3n) is 8.59. The Labute approximate surface area is 230 Å². The molecule has 0 saturated carbocycles. The monoisotopic (exact) mass is 540 g/mol. The molecule has 206 valence electrons. The third-order valence-corrected chi connectivity index (χ3v) is 10.6. The summed E-state index contributed by atoms with van der Waals surface area (Å²) < 4.78 is 4.19. The first-order chi connectivity index (χ1) is 18.0. The molecule has 3 heterocycles. The molecule has 1 aromatic carbocycles. The van der Waals surface area contributed by atoms with Crippen LogP contribution >= 0.6 is 11.8 Å². The number of esters is 1. The van der Waals surface area contributed by atoms with Gasteiger partial charge in [-0.15, -0.1) is 18.3 Å². The van der Waals surface area contributed by atoms with Gasteiger partial charge in [-0.25, -0.2) is 0 Å². The number of aliphatic hydroxyl groups is 1. The summed E-state index contributed by atoms with van der Waals surface area (Å²) >= 11 is 1.60. The minimum Gasteiger partial charge on any atom is -0.461 e. The largest absolute Gasteiger partial charge is 0.461 e. The topological polar surface area (TPSA) is 87.1 Å². The maximum Gasteiger partial charge on any atom is 0.311 e. The van der Waals surface area contributed by atoms with Crippen LogP contribution in [0.4, 0.5) is 5.69 Å². The lowest BCUT2D eigenvalue weighted by molar-refractivity contribution is -0.155. The molecule has 2 bridgehead atoms. The van der Waals surface area contributed by atoms with Crippen LogP contribution in [0.3, 0.4) is 0 Å². The van der Waals surface area contributed by atoms with Crippen LogP contribution in [0, 0.1) is 31.6 Å². The minimum absolute atomic E-state index is 0.0705. The van der Waals surface area contributed by atoms with E-state index in [-0.39, 0.29) is 37.5 Å². The van der Waals surface area contributed by atoms with Gasteiger partial charge in [0.25, 0.3) is 5.91 Å². The molecule has 0 aromatic heterocycles. The van der Waals surface area contributed by atoms with Gasteiger partial charge in [-0.3, -0.25) is 14.4 Å². The average Bonchev–Trinajstić information content (AvgIpc) is 3.43. The molecule has 1 spiro atoms. The molecule has 2 unspecified atom stereocenters. The average molecular weight is 541 g/mol. The van der Waals surface area contributed by atoms with E-state index in [0.717, 1.165) is 16.8 Å². The highest BCUT2D eigenvalue weighted by Gasteiger charge is 2.78. The summed E-state index contributed by atoms with van der Waals surface area (Å²) in [5.41, 5.74) is 2.74. The van der Waals surface area contributed by atoms with Crippen LogP contribution in [-0.2, 0) is 19.1 Å². The lowest BCUT2D eigenvalue weighted by Gasteiger charge is -2.41. The number of nitrogens with zero attached hydrogens (tertiary/aromatic N) is 2. The number of rotatable bonds is 10. The molecule has 4 rings (SSSR count). The number of carbonyl (C=O) groups excluding carboxylic acids is 3. The van der Waals surface area contributed by atoms with Gasteiger partial charge >= 0.3 is 5.97 Å². The molecule has 6 atom stereocenters. The molecule has 2 amide bonds. The van der Waals surface area contributed by atoms with Crippen molar-refractivity contribution in [3.05, 3.63) is 54.6 Å². The second-order valence-electron chi connectivity index (χ2n) is 11.4. The maximum atomic E-state index is 14.7. The summed E-state index contributed by atoms with van der Waals surface area (Å²) in [6, 6.07) is 4.58. The summed E-state index contributed by atoms with van der Waals surface area (Å²) in [7, 11) is 0. The van der Waals surface area contributed by atoms with Gasteiger partial charge in [0, 0.05) is 17.0 Å². The summed E-state index contributed by atoms with van der Waals surface area (Å²) in [6.45, 7) is 17.5. The lowest BCUT2D eigenvalue weighted by Crippen LogP contribution is -2.58. The van der Waals surface area contributed by atoms with E-state index in [2.05, 4.69) is 13.2 Å². The van der Waals surface area contributed by atoms with Crippen molar-refractivity contribution in [3.8, 4) is 0 Å². The Kier molecular flexibility index (Phi) is 7.88. The number of benzene rings is 1. The number of aliphatic hydroxyl groups excluding tert-OH is 1. The van der Waals surface area contributed by atoms with E-state index in [1.54, 1.807) is 27.6 Å². The zero-order chi connectivity index (χ0) is 28.0. The number of hydrogen-bond acceptors (Lipinski definition) is 6. The summed E-state index contributed by atoms with van der Waals surface area (Å²) in [6.07, 6.45) is 4.54. The molecular formula is C30H40N2O5S. The van der Waals surface area contributed by atoms with Gasteiger partial charge in [-0.2, -0.15) is 0 Å². The second kappa shape index (κ2) is 10.5. The highest BCUT2D eigenvalue weighted by atomic mass is 32.2. The number of anilines is 1. The zero-order valence-electron chi connectivity index (χ0n) is 23.1. The first kappa shape index (κ1) is 28.4. The van der Waals surface area contributed by atoms with Crippen LogP contribution < -0.4 is 4.90 Å². The van der Waals surface area contributed by atoms with Crippen molar-refractivity contribution in [1.82, 2.24) is 4.90 Å². The Balaban J connectivity index is 1.87. The predicted molar refractivity (Wildman–Crippen MR) is 151 cm³/mol. The molecule has 3 aliphatic rings. The Morgan fingerprint density at radius 3 is 2.58 bits per heavy atom. The predicted octanol–water partition coefficient (Wildman–Crippen LogP) is 4.05. The fraction of sp³-hybridized carbons (Fsp3) is 0.567. The number of carbonyl (C=O) groups is 3. The summed E-state index contributed by atoms with van der Waals surface area (Å²) in [5, 5.41) is 10.4. The Morgan fingerprint density at radius 1 is 1.26 bits per heavy atom. The molecule has 0 radical (unpaired) electrons. The summed E-state index contributed by atoms with van der Waals surface area (Å²) in [4.78, 5) is 45.8. The highest BCUT2D eigenvalue weighted by Crippen LogP contribution is 2.72. The fourth-order valence-electron chi connectivity index (χ4n) is 6.80. The molecule has 3 saturated heterocycles. The SMILES string of the molecule is C=CCOC(=O)[C@@H]1[C@H]2C(=O)N([C@@H](CO)C(C)C)C(C(=O)N(CC=C)c3cc(C)ccc3C)C23CC[C@@]1(C)S3. The molecule has 1 N–H and O–H groups in total. The maximum absolute atomic E-state index is 14.7. The van der Waals surface area contributed by atoms with Crippen molar-refractivity contribution in [2.45, 2.75) is 69.0 Å². The lowest BCUT2D eigenvalue weighted by atomic mass is 9.66. The Morgan fingerprint density at radius 2 is 1.97 bits per heavy atom. The van der Waals surface area contributed by atoms with Crippen molar-refractivity contribution in [2.75, 3.05) is 24.7 Å². The van der Waals surface area contributed by atoms with Crippen LogP contribution in [0.2, 0.25) is 0 Å². The number of ether oxygens (including phenoxy) is 1. The fourth-order valence-corrected chi connectivity index (χ4v) is 9.13. The van der Waals surface area contributed by atoms with Crippen molar-refractivity contribution in [1.29, 1.82) is 0 Å². The molecule has 3 fully saturated rings. The van der Waals surface area contributed by atoms with E-state index in [0.29, 0.717) is 12.8 Å². The Bertz CT molecular complexity index is 1150. The van der Waals surface area contributed by atoms with E-state index in [1.807, 2.05) is 52.8 Å². The zero-order valence-corrected chi connectivity index (χ0v) is 23.9. The van der Waals surface area contributed by atoms with E-state index in [9.17, 15) is 19.5 Å². The molecule has 38 heavy (non-hydrogen) atoms. The van der Waals surface area contributed by atoms with Crippen molar-refractivity contribution in [2.24, 2.45) is 17.8 Å². The molecule has 1 aromatic rings. The van der Waals surface area contributed by atoms with Crippen LogP contribution in [-0.4, -0.2) is 69.1 Å². The third kappa shape index (κ3) is 4.30. The van der Waals surface area contributed by atoms with Gasteiger partial charge in [-0.05, 0) is 56.7 Å². The number of thioether (sulfide) groups is 1. The number of aryl methyl sites for hydroxylation is 2. The van der Waals surface area contributed by atoms with Crippen LogP contribution in [0.1, 0.15) is 44.7 Å². The molecule has 7 nitrogen and oxygen atoms in total. The van der Waals surface area contributed by atoms with E-state index in [4.69, 9.17) is 4.74 Å². The van der Waals surface area contributed by atoms with Crippen LogP contribution in [0.5, 0.6) is 0 Å². The van der Waals surface area contributed by atoms with Crippen LogP contribution in [0.15, 0.2) is 43.5 Å². The van der Waals surface area contributed by atoms with Crippen LogP contribution in [0.25, 0.3) is 0 Å². The molecule has 8 heteroatoms. The van der Waals surface area contributed by atoms with Crippen molar-refractivity contribution < 1.29 is 24.2 Å². The minimum atomic E-state index is -0.830. The number of fused-ring (bicyclic) bond motifs is 1. The van der Waals surface area contributed by atoms with Gasteiger partial charge in [0.05, 0.1) is 29.2 Å². The smallest absolute Gasteiger partial charge is 0.311 e. The highest BCUT2D eigenvalue weighted by molar-refractivity contribution is 8.02. The van der Waals surface area contributed by atoms with E-state index in [1.165, 1.54) is 6.08 Å². The normalized spacial score (nSPS) is 30.3. The number of amides is 2. The molecular weight excluding hydrogens is 500 g/mol.